The third-order valence-electron chi connectivity index (χ3n) is 7.49. The predicted molar refractivity (Wildman–Crippen MR) is 128 cm³/mol. The van der Waals surface area contributed by atoms with Gasteiger partial charge in [-0.15, -0.1) is 0 Å². The van der Waals surface area contributed by atoms with Gasteiger partial charge in [0.15, 0.2) is 0 Å². The Labute approximate surface area is 200 Å². The number of nitrogens with zero attached hydrogens (tertiary/aromatic N) is 1. The van der Waals surface area contributed by atoms with Gasteiger partial charge in [0.2, 0.25) is 5.91 Å². The van der Waals surface area contributed by atoms with E-state index >= 15 is 0 Å². The lowest BCUT2D eigenvalue weighted by molar-refractivity contribution is -0.125. The largest absolute Gasteiger partial charge is 0.497 e. The minimum Gasteiger partial charge on any atom is -0.497 e. The van der Waals surface area contributed by atoms with Gasteiger partial charge in [0, 0.05) is 10.6 Å². The van der Waals surface area contributed by atoms with Crippen LogP contribution in [0.3, 0.4) is 0 Å². The Kier molecular flexibility index (Phi) is 5.81. The monoisotopic (exact) mass is 488 g/mol. The Balaban J connectivity index is 1.41. The Morgan fingerprint density at radius 3 is 2.06 bits per heavy atom. The van der Waals surface area contributed by atoms with Crippen molar-refractivity contribution in [2.24, 2.45) is 17.8 Å². The van der Waals surface area contributed by atoms with Gasteiger partial charge in [-0.3, -0.25) is 9.10 Å². The number of benzene rings is 2. The predicted octanol–water partition coefficient (Wildman–Crippen LogP) is 4.63. The molecule has 0 aromatic heterocycles. The molecular formula is C25H29ClN2O4S. The highest BCUT2D eigenvalue weighted by atomic mass is 35.5. The van der Waals surface area contributed by atoms with E-state index in [0.29, 0.717) is 34.2 Å². The van der Waals surface area contributed by atoms with Gasteiger partial charge in [-0.25, -0.2) is 8.42 Å². The maximum absolute atomic E-state index is 13.6. The lowest BCUT2D eigenvalue weighted by Gasteiger charge is -2.57. The van der Waals surface area contributed by atoms with Crippen molar-refractivity contribution in [2.45, 2.75) is 49.0 Å². The van der Waals surface area contributed by atoms with E-state index < -0.39 is 10.0 Å². The van der Waals surface area contributed by atoms with Gasteiger partial charge in [-0.2, -0.15) is 0 Å². The second-order valence-corrected chi connectivity index (χ2v) is 12.2. The fourth-order valence-corrected chi connectivity index (χ4v) is 8.07. The third-order valence-corrected chi connectivity index (χ3v) is 9.53. The molecule has 2 aromatic carbocycles. The van der Waals surface area contributed by atoms with Gasteiger partial charge >= 0.3 is 0 Å². The van der Waals surface area contributed by atoms with Gasteiger partial charge in [-0.1, -0.05) is 11.6 Å². The SMILES string of the molecule is COc1ccc(S(=O)(=O)N(CC(=O)NC23CC4CC(CC(C4)C2)C3)c2ccc(Cl)cc2)cc1. The summed E-state index contributed by atoms with van der Waals surface area (Å²) in [5, 5.41) is 3.79. The Morgan fingerprint density at radius 1 is 1.00 bits per heavy atom. The number of amides is 1. The minimum atomic E-state index is -3.98. The van der Waals surface area contributed by atoms with Crippen LogP contribution in [-0.4, -0.2) is 33.5 Å². The van der Waals surface area contributed by atoms with Crippen LogP contribution in [-0.2, 0) is 14.8 Å². The van der Waals surface area contributed by atoms with E-state index in [1.54, 1.807) is 36.4 Å². The number of halogens is 1. The number of rotatable bonds is 7. The fourth-order valence-electron chi connectivity index (χ4n) is 6.53. The summed E-state index contributed by atoms with van der Waals surface area (Å²) in [6, 6.07) is 12.7. The van der Waals surface area contributed by atoms with Crippen molar-refractivity contribution >= 4 is 33.2 Å². The highest BCUT2D eigenvalue weighted by molar-refractivity contribution is 7.92. The summed E-state index contributed by atoms with van der Waals surface area (Å²) in [4.78, 5) is 13.4. The molecule has 0 radical (unpaired) electrons. The number of carbonyl (C=O) groups excluding carboxylic acids is 1. The molecule has 4 fully saturated rings. The molecule has 4 aliphatic carbocycles. The van der Waals surface area contributed by atoms with Crippen LogP contribution in [0.4, 0.5) is 5.69 Å². The van der Waals surface area contributed by atoms with E-state index in [2.05, 4.69) is 5.32 Å². The van der Waals surface area contributed by atoms with Crippen molar-refractivity contribution in [3.63, 3.8) is 0 Å². The maximum atomic E-state index is 13.6. The average molecular weight is 489 g/mol. The van der Waals surface area contributed by atoms with Crippen molar-refractivity contribution < 1.29 is 17.9 Å². The molecule has 6 nitrogen and oxygen atoms in total. The van der Waals surface area contributed by atoms with Gasteiger partial charge in [0.05, 0.1) is 17.7 Å². The van der Waals surface area contributed by atoms with Crippen LogP contribution < -0.4 is 14.4 Å². The topological polar surface area (TPSA) is 75.7 Å². The minimum absolute atomic E-state index is 0.0980. The second-order valence-electron chi connectivity index (χ2n) is 9.91. The first-order valence-electron chi connectivity index (χ1n) is 11.5. The molecule has 2 aromatic rings. The number of hydrogen-bond donors (Lipinski definition) is 1. The number of methoxy groups -OCH3 is 1. The van der Waals surface area contributed by atoms with Crippen molar-refractivity contribution in [1.82, 2.24) is 5.32 Å². The highest BCUT2D eigenvalue weighted by Crippen LogP contribution is 2.55. The summed E-state index contributed by atoms with van der Waals surface area (Å²) < 4.78 is 33.5. The standard InChI is InChI=1S/C25H29ClN2O4S/c1-32-22-6-8-23(9-7-22)33(30,31)28(21-4-2-20(26)3-5-21)16-24(29)27-25-13-17-10-18(14-25)12-19(11-17)15-25/h2-9,17-19H,10-16H2,1H3,(H,27,29). The van der Waals surface area contributed by atoms with Crippen molar-refractivity contribution in [2.75, 3.05) is 18.0 Å². The third kappa shape index (κ3) is 4.45. The van der Waals surface area contributed by atoms with Crippen LogP contribution in [0.2, 0.25) is 5.02 Å². The van der Waals surface area contributed by atoms with Crippen molar-refractivity contribution in [1.29, 1.82) is 0 Å². The molecule has 0 unspecified atom stereocenters. The molecule has 0 aliphatic heterocycles. The van der Waals surface area contributed by atoms with Crippen molar-refractivity contribution in [3.05, 3.63) is 53.6 Å². The van der Waals surface area contributed by atoms with Crippen LogP contribution in [0.5, 0.6) is 5.75 Å². The van der Waals surface area contributed by atoms with Crippen LogP contribution in [0, 0.1) is 17.8 Å². The first-order chi connectivity index (χ1) is 15.8. The molecule has 33 heavy (non-hydrogen) atoms. The molecule has 4 aliphatic rings. The zero-order valence-electron chi connectivity index (χ0n) is 18.7. The summed E-state index contributed by atoms with van der Waals surface area (Å²) >= 11 is 6.03. The number of hydrogen-bond acceptors (Lipinski definition) is 4. The Bertz CT molecular complexity index is 1100. The molecule has 1 amide bonds. The molecule has 4 bridgehead atoms. The summed E-state index contributed by atoms with van der Waals surface area (Å²) in [7, 11) is -2.45. The molecule has 4 saturated carbocycles. The Morgan fingerprint density at radius 2 is 1.55 bits per heavy atom. The molecule has 6 rings (SSSR count). The summed E-state index contributed by atoms with van der Waals surface area (Å²) in [6.45, 7) is -0.280. The molecule has 0 saturated heterocycles. The molecule has 8 heteroatoms. The molecule has 0 heterocycles. The number of sulfonamides is 1. The van der Waals surface area contributed by atoms with Crippen LogP contribution in [0.25, 0.3) is 0 Å². The number of carbonyl (C=O) groups is 1. The smallest absolute Gasteiger partial charge is 0.264 e. The lowest BCUT2D eigenvalue weighted by Crippen LogP contribution is -2.61. The van der Waals surface area contributed by atoms with Crippen LogP contribution >= 0.6 is 11.6 Å². The van der Waals surface area contributed by atoms with E-state index in [9.17, 15) is 13.2 Å². The first kappa shape index (κ1) is 22.5. The molecule has 0 atom stereocenters. The van der Waals surface area contributed by atoms with E-state index in [4.69, 9.17) is 16.3 Å². The maximum Gasteiger partial charge on any atom is 0.264 e. The zero-order valence-corrected chi connectivity index (χ0v) is 20.2. The van der Waals surface area contributed by atoms with Crippen LogP contribution in [0.1, 0.15) is 38.5 Å². The zero-order chi connectivity index (χ0) is 23.2. The van der Waals surface area contributed by atoms with Gasteiger partial charge in [-0.05, 0) is 105 Å². The van der Waals surface area contributed by atoms with E-state index in [0.717, 1.165) is 19.3 Å². The summed E-state index contributed by atoms with van der Waals surface area (Å²) in [6.07, 6.45) is 6.86. The summed E-state index contributed by atoms with van der Waals surface area (Å²) in [5.41, 5.74) is 0.220. The molecular weight excluding hydrogens is 460 g/mol. The van der Waals surface area contributed by atoms with E-state index in [-0.39, 0.29) is 22.9 Å². The average Bonchev–Trinajstić information content (AvgIpc) is 2.77. The van der Waals surface area contributed by atoms with Crippen molar-refractivity contribution in [3.8, 4) is 5.75 Å². The second kappa shape index (κ2) is 8.51. The van der Waals surface area contributed by atoms with E-state index in [1.807, 2.05) is 0 Å². The lowest BCUT2D eigenvalue weighted by atomic mass is 9.53. The Hall–Kier alpha value is -2.25. The number of ether oxygens (including phenoxy) is 1. The van der Waals surface area contributed by atoms with Gasteiger partial charge in [0.1, 0.15) is 12.3 Å². The fraction of sp³-hybridized carbons (Fsp3) is 0.480. The highest BCUT2D eigenvalue weighted by Gasteiger charge is 2.51. The summed E-state index contributed by atoms with van der Waals surface area (Å²) in [5.74, 6) is 2.36. The molecule has 176 valence electrons. The number of nitrogens with one attached hydrogen (secondary N) is 1. The van der Waals surface area contributed by atoms with Gasteiger partial charge < -0.3 is 10.1 Å². The number of anilines is 1. The van der Waals surface area contributed by atoms with Crippen LogP contribution in [0.15, 0.2) is 53.4 Å². The normalized spacial score (nSPS) is 27.9. The molecule has 0 spiro atoms. The van der Waals surface area contributed by atoms with E-state index in [1.165, 1.54) is 42.8 Å². The molecule has 1 N–H and O–H groups in total. The quantitative estimate of drug-likeness (QED) is 0.616. The first-order valence-corrected chi connectivity index (χ1v) is 13.3. The van der Waals surface area contributed by atoms with Gasteiger partial charge in [0.25, 0.3) is 10.0 Å².